The van der Waals surface area contributed by atoms with E-state index in [0.717, 1.165) is 19.5 Å². The molecule has 1 atom stereocenters. The van der Waals surface area contributed by atoms with Crippen LogP contribution in [-0.4, -0.2) is 29.9 Å². The van der Waals surface area contributed by atoms with Crippen molar-refractivity contribution in [1.29, 1.82) is 0 Å². The SMILES string of the molecule is CC(=O)N1CC[C@H](NN)C1. The number of amides is 1. The second-order valence-corrected chi connectivity index (χ2v) is 2.62. The van der Waals surface area contributed by atoms with Crippen LogP contribution in [0.15, 0.2) is 0 Å². The van der Waals surface area contributed by atoms with Crippen LogP contribution in [0.2, 0.25) is 0 Å². The Balaban J connectivity index is 2.35. The fourth-order valence-corrected chi connectivity index (χ4v) is 1.18. The number of hydrogen-bond acceptors (Lipinski definition) is 3. The van der Waals surface area contributed by atoms with E-state index in [-0.39, 0.29) is 5.91 Å². The van der Waals surface area contributed by atoms with Crippen molar-refractivity contribution in [1.82, 2.24) is 10.3 Å². The quantitative estimate of drug-likeness (QED) is 0.368. The Morgan fingerprint density at radius 1 is 1.80 bits per heavy atom. The van der Waals surface area contributed by atoms with Gasteiger partial charge in [-0.3, -0.25) is 16.1 Å². The van der Waals surface area contributed by atoms with Crippen molar-refractivity contribution in [2.24, 2.45) is 5.84 Å². The zero-order chi connectivity index (χ0) is 7.56. The molecule has 0 aromatic carbocycles. The van der Waals surface area contributed by atoms with Gasteiger partial charge in [-0.05, 0) is 6.42 Å². The summed E-state index contributed by atoms with van der Waals surface area (Å²) in [6.45, 7) is 3.18. The molecular weight excluding hydrogens is 130 g/mol. The van der Waals surface area contributed by atoms with Crippen LogP contribution in [-0.2, 0) is 4.79 Å². The van der Waals surface area contributed by atoms with Crippen molar-refractivity contribution in [3.63, 3.8) is 0 Å². The Labute approximate surface area is 60.3 Å². The Morgan fingerprint density at radius 2 is 2.50 bits per heavy atom. The zero-order valence-electron chi connectivity index (χ0n) is 6.13. The molecule has 3 N–H and O–H groups in total. The number of hydrogen-bond donors (Lipinski definition) is 2. The Hall–Kier alpha value is -0.610. The Morgan fingerprint density at radius 3 is 2.80 bits per heavy atom. The van der Waals surface area contributed by atoms with Crippen LogP contribution < -0.4 is 11.3 Å². The number of nitrogens with two attached hydrogens (primary N) is 1. The molecule has 0 saturated carbocycles. The van der Waals surface area contributed by atoms with Gasteiger partial charge >= 0.3 is 0 Å². The molecule has 0 unspecified atom stereocenters. The van der Waals surface area contributed by atoms with Crippen LogP contribution in [0.5, 0.6) is 0 Å². The van der Waals surface area contributed by atoms with E-state index in [0.29, 0.717) is 6.04 Å². The summed E-state index contributed by atoms with van der Waals surface area (Å²) in [6, 6.07) is 0.295. The van der Waals surface area contributed by atoms with Gasteiger partial charge in [-0.25, -0.2) is 0 Å². The number of carbonyl (C=O) groups is 1. The van der Waals surface area contributed by atoms with Gasteiger partial charge < -0.3 is 4.90 Å². The molecule has 0 spiro atoms. The van der Waals surface area contributed by atoms with E-state index in [2.05, 4.69) is 5.43 Å². The fourth-order valence-electron chi connectivity index (χ4n) is 1.18. The second-order valence-electron chi connectivity index (χ2n) is 2.62. The lowest BCUT2D eigenvalue weighted by molar-refractivity contribution is -0.127. The first kappa shape index (κ1) is 7.50. The zero-order valence-corrected chi connectivity index (χ0v) is 6.13. The third kappa shape index (κ3) is 1.46. The second kappa shape index (κ2) is 2.98. The largest absolute Gasteiger partial charge is 0.341 e. The molecule has 1 rings (SSSR count). The fraction of sp³-hybridized carbons (Fsp3) is 0.833. The average molecular weight is 143 g/mol. The summed E-state index contributed by atoms with van der Waals surface area (Å²) in [6.07, 6.45) is 0.968. The molecule has 1 aliphatic heterocycles. The highest BCUT2D eigenvalue weighted by molar-refractivity contribution is 5.73. The monoisotopic (exact) mass is 143 g/mol. The van der Waals surface area contributed by atoms with Crippen molar-refractivity contribution in [2.45, 2.75) is 19.4 Å². The lowest BCUT2D eigenvalue weighted by atomic mass is 10.3. The number of hydrazine groups is 1. The molecule has 1 heterocycles. The standard InChI is InChI=1S/C6H13N3O/c1-5(10)9-3-2-6(4-9)8-7/h6,8H,2-4,7H2,1H3/t6-/m0/s1. The maximum atomic E-state index is 10.8. The molecule has 1 fully saturated rings. The summed E-state index contributed by atoms with van der Waals surface area (Å²) in [5.74, 6) is 5.35. The summed E-state index contributed by atoms with van der Waals surface area (Å²) in [4.78, 5) is 12.6. The first-order valence-electron chi connectivity index (χ1n) is 3.45. The van der Waals surface area contributed by atoms with E-state index < -0.39 is 0 Å². The molecule has 0 bridgehead atoms. The van der Waals surface area contributed by atoms with Crippen molar-refractivity contribution in [2.75, 3.05) is 13.1 Å². The van der Waals surface area contributed by atoms with Crippen LogP contribution in [0, 0.1) is 0 Å². The maximum absolute atomic E-state index is 10.8. The Bertz CT molecular complexity index is 137. The van der Waals surface area contributed by atoms with Gasteiger partial charge in [0.15, 0.2) is 0 Å². The van der Waals surface area contributed by atoms with E-state index in [1.165, 1.54) is 0 Å². The van der Waals surface area contributed by atoms with Crippen molar-refractivity contribution in [3.8, 4) is 0 Å². The molecular formula is C6H13N3O. The van der Waals surface area contributed by atoms with Crippen molar-refractivity contribution >= 4 is 5.91 Å². The predicted octanol–water partition coefficient (Wildman–Crippen LogP) is -0.929. The number of likely N-dealkylation sites (tertiary alicyclic amines) is 1. The molecule has 58 valence electrons. The highest BCUT2D eigenvalue weighted by Crippen LogP contribution is 2.07. The molecule has 1 saturated heterocycles. The highest BCUT2D eigenvalue weighted by atomic mass is 16.2. The molecule has 0 radical (unpaired) electrons. The van der Waals surface area contributed by atoms with E-state index >= 15 is 0 Å². The van der Waals surface area contributed by atoms with E-state index in [9.17, 15) is 4.79 Å². The molecule has 1 amide bonds. The Kier molecular flexibility index (Phi) is 2.24. The van der Waals surface area contributed by atoms with Gasteiger partial charge in [0.1, 0.15) is 0 Å². The smallest absolute Gasteiger partial charge is 0.219 e. The van der Waals surface area contributed by atoms with Gasteiger partial charge in [0, 0.05) is 26.1 Å². The van der Waals surface area contributed by atoms with E-state index in [1.54, 1.807) is 11.8 Å². The maximum Gasteiger partial charge on any atom is 0.219 e. The van der Waals surface area contributed by atoms with Gasteiger partial charge in [-0.2, -0.15) is 0 Å². The lowest BCUT2D eigenvalue weighted by Gasteiger charge is -2.12. The van der Waals surface area contributed by atoms with Crippen LogP contribution in [0.3, 0.4) is 0 Å². The van der Waals surface area contributed by atoms with Gasteiger partial charge in [0.2, 0.25) is 5.91 Å². The molecule has 0 aromatic heterocycles. The number of rotatable bonds is 1. The molecule has 0 aliphatic carbocycles. The topological polar surface area (TPSA) is 58.4 Å². The summed E-state index contributed by atoms with van der Waals surface area (Å²) >= 11 is 0. The van der Waals surface area contributed by atoms with Crippen LogP contribution in [0.4, 0.5) is 0 Å². The van der Waals surface area contributed by atoms with Gasteiger partial charge in [0.05, 0.1) is 0 Å². The van der Waals surface area contributed by atoms with Crippen molar-refractivity contribution in [3.05, 3.63) is 0 Å². The molecule has 10 heavy (non-hydrogen) atoms. The summed E-state index contributed by atoms with van der Waals surface area (Å²) < 4.78 is 0. The van der Waals surface area contributed by atoms with Gasteiger partial charge in [-0.1, -0.05) is 0 Å². The van der Waals surface area contributed by atoms with E-state index in [1.807, 2.05) is 0 Å². The number of nitrogens with zero attached hydrogens (tertiary/aromatic N) is 1. The van der Waals surface area contributed by atoms with Gasteiger partial charge in [-0.15, -0.1) is 0 Å². The third-order valence-electron chi connectivity index (χ3n) is 1.87. The minimum atomic E-state index is 0.137. The molecule has 4 nitrogen and oxygen atoms in total. The molecule has 1 aliphatic rings. The molecule has 4 heteroatoms. The number of nitrogens with one attached hydrogen (secondary N) is 1. The first-order valence-corrected chi connectivity index (χ1v) is 3.45. The minimum absolute atomic E-state index is 0.137. The van der Waals surface area contributed by atoms with E-state index in [4.69, 9.17) is 5.84 Å². The average Bonchev–Trinajstić information content (AvgIpc) is 2.34. The molecule has 0 aromatic rings. The van der Waals surface area contributed by atoms with Crippen LogP contribution >= 0.6 is 0 Å². The third-order valence-corrected chi connectivity index (χ3v) is 1.87. The van der Waals surface area contributed by atoms with Gasteiger partial charge in [0.25, 0.3) is 0 Å². The lowest BCUT2D eigenvalue weighted by Crippen LogP contribution is -2.38. The van der Waals surface area contributed by atoms with Crippen molar-refractivity contribution < 1.29 is 4.79 Å². The first-order chi connectivity index (χ1) is 4.74. The van der Waals surface area contributed by atoms with Crippen LogP contribution in [0.1, 0.15) is 13.3 Å². The number of carbonyl (C=O) groups excluding carboxylic acids is 1. The summed E-state index contributed by atoms with van der Waals surface area (Å²) in [5, 5.41) is 0. The highest BCUT2D eigenvalue weighted by Gasteiger charge is 2.22. The minimum Gasteiger partial charge on any atom is -0.341 e. The summed E-state index contributed by atoms with van der Waals surface area (Å²) in [5.41, 5.74) is 2.65. The normalized spacial score (nSPS) is 25.4. The van der Waals surface area contributed by atoms with Crippen LogP contribution in [0.25, 0.3) is 0 Å². The summed E-state index contributed by atoms with van der Waals surface area (Å²) in [7, 11) is 0. The predicted molar refractivity (Wildman–Crippen MR) is 38.0 cm³/mol.